The first-order valence-electron chi connectivity index (χ1n) is 8.39. The first kappa shape index (κ1) is 18.6. The van der Waals surface area contributed by atoms with Gasteiger partial charge in [-0.2, -0.15) is 0 Å². The zero-order valence-corrected chi connectivity index (χ0v) is 15.0. The highest BCUT2D eigenvalue weighted by Gasteiger charge is 2.16. The fourth-order valence-electron chi connectivity index (χ4n) is 2.59. The van der Waals surface area contributed by atoms with Crippen molar-refractivity contribution in [2.24, 2.45) is 11.7 Å². The number of carbonyl (C=O) groups is 1. The molecular formula is C20H26N2O3. The Morgan fingerprint density at radius 2 is 1.80 bits per heavy atom. The van der Waals surface area contributed by atoms with E-state index in [0.717, 1.165) is 11.1 Å². The van der Waals surface area contributed by atoms with E-state index in [1.807, 2.05) is 48.5 Å². The highest BCUT2D eigenvalue weighted by Crippen LogP contribution is 2.29. The van der Waals surface area contributed by atoms with E-state index in [1.54, 1.807) is 7.11 Å². The molecule has 0 radical (unpaired) electrons. The van der Waals surface area contributed by atoms with Crippen LogP contribution in [0, 0.1) is 5.92 Å². The van der Waals surface area contributed by atoms with Crippen molar-refractivity contribution < 1.29 is 14.3 Å². The van der Waals surface area contributed by atoms with E-state index in [0.29, 0.717) is 24.5 Å². The molecule has 3 N–H and O–H groups in total. The summed E-state index contributed by atoms with van der Waals surface area (Å²) in [6.07, 6.45) is 0.673. The Kier molecular flexibility index (Phi) is 6.69. The number of hydrogen-bond acceptors (Lipinski definition) is 3. The summed E-state index contributed by atoms with van der Waals surface area (Å²) in [6, 6.07) is 15.3. The normalized spacial score (nSPS) is 11.8. The summed E-state index contributed by atoms with van der Waals surface area (Å²) < 4.78 is 11.3. The van der Waals surface area contributed by atoms with E-state index in [-0.39, 0.29) is 12.0 Å². The van der Waals surface area contributed by atoms with Gasteiger partial charge in [0.15, 0.2) is 11.5 Å². The van der Waals surface area contributed by atoms with Crippen molar-refractivity contribution in [2.75, 3.05) is 7.11 Å². The average Bonchev–Trinajstić information content (AvgIpc) is 2.60. The number of urea groups is 1. The second-order valence-corrected chi connectivity index (χ2v) is 6.32. The van der Waals surface area contributed by atoms with Crippen molar-refractivity contribution in [3.8, 4) is 11.5 Å². The molecule has 0 bridgehead atoms. The van der Waals surface area contributed by atoms with Crippen LogP contribution in [0.15, 0.2) is 48.5 Å². The van der Waals surface area contributed by atoms with Crippen LogP contribution in [0.4, 0.5) is 4.79 Å². The summed E-state index contributed by atoms with van der Waals surface area (Å²) in [6.45, 7) is 4.57. The first-order chi connectivity index (χ1) is 12.0. The summed E-state index contributed by atoms with van der Waals surface area (Å²) in [5.41, 5.74) is 7.42. The smallest absolute Gasteiger partial charge is 0.312 e. The minimum absolute atomic E-state index is 0.0344. The molecule has 0 aliphatic rings. The molecule has 134 valence electrons. The van der Waals surface area contributed by atoms with Crippen molar-refractivity contribution in [1.82, 2.24) is 5.32 Å². The highest BCUT2D eigenvalue weighted by molar-refractivity contribution is 5.72. The Labute approximate surface area is 149 Å². The van der Waals surface area contributed by atoms with Gasteiger partial charge in [-0.15, -0.1) is 0 Å². The summed E-state index contributed by atoms with van der Waals surface area (Å²) in [4.78, 5) is 11.2. The third-order valence-electron chi connectivity index (χ3n) is 4.05. The van der Waals surface area contributed by atoms with Gasteiger partial charge >= 0.3 is 6.03 Å². The largest absolute Gasteiger partial charge is 0.493 e. The predicted octanol–water partition coefficient (Wildman–Crippen LogP) is 3.51. The summed E-state index contributed by atoms with van der Waals surface area (Å²) >= 11 is 0. The maximum Gasteiger partial charge on any atom is 0.312 e. The molecule has 5 nitrogen and oxygen atoms in total. The molecule has 0 fully saturated rings. The highest BCUT2D eigenvalue weighted by atomic mass is 16.5. The number of hydrogen-bond donors (Lipinski definition) is 2. The molecule has 2 aromatic carbocycles. The SMILES string of the molecule is COc1ccc(CC(NC(N)=O)C(C)C)cc1OCc1ccccc1. The molecule has 25 heavy (non-hydrogen) atoms. The second kappa shape index (κ2) is 8.97. The molecular weight excluding hydrogens is 316 g/mol. The first-order valence-corrected chi connectivity index (χ1v) is 8.39. The number of rotatable bonds is 8. The second-order valence-electron chi connectivity index (χ2n) is 6.32. The Morgan fingerprint density at radius 3 is 2.40 bits per heavy atom. The van der Waals surface area contributed by atoms with E-state index in [9.17, 15) is 4.79 Å². The van der Waals surface area contributed by atoms with Crippen molar-refractivity contribution in [1.29, 1.82) is 0 Å². The molecule has 1 atom stereocenters. The molecule has 0 spiro atoms. The summed E-state index contributed by atoms with van der Waals surface area (Å²) in [5, 5.41) is 2.80. The molecule has 0 heterocycles. The molecule has 5 heteroatoms. The maximum absolute atomic E-state index is 11.2. The molecule has 0 saturated carbocycles. The summed E-state index contributed by atoms with van der Waals surface area (Å²) in [5.74, 6) is 1.64. The molecule has 2 aromatic rings. The monoisotopic (exact) mass is 342 g/mol. The van der Waals surface area contributed by atoms with Crippen LogP contribution in [0.1, 0.15) is 25.0 Å². The third kappa shape index (κ3) is 5.71. The molecule has 0 aliphatic heterocycles. The maximum atomic E-state index is 11.2. The van der Waals surface area contributed by atoms with Crippen molar-refractivity contribution in [3.05, 3.63) is 59.7 Å². The molecule has 0 aliphatic carbocycles. The van der Waals surface area contributed by atoms with Crippen molar-refractivity contribution in [2.45, 2.75) is 32.9 Å². The van der Waals surface area contributed by atoms with Crippen LogP contribution in [0.25, 0.3) is 0 Å². The quantitative estimate of drug-likeness (QED) is 0.771. The Bertz CT molecular complexity index is 687. The topological polar surface area (TPSA) is 73.6 Å². The zero-order chi connectivity index (χ0) is 18.2. The minimum atomic E-state index is -0.507. The lowest BCUT2D eigenvalue weighted by molar-refractivity contribution is 0.241. The van der Waals surface area contributed by atoms with Crippen LogP contribution in [-0.2, 0) is 13.0 Å². The summed E-state index contributed by atoms with van der Waals surface area (Å²) in [7, 11) is 1.62. The molecule has 2 rings (SSSR count). The van der Waals surface area contributed by atoms with Gasteiger partial charge in [0.05, 0.1) is 7.11 Å². The fraction of sp³-hybridized carbons (Fsp3) is 0.350. The van der Waals surface area contributed by atoms with Gasteiger partial charge in [-0.1, -0.05) is 50.2 Å². The van der Waals surface area contributed by atoms with Gasteiger partial charge in [0.25, 0.3) is 0 Å². The van der Waals surface area contributed by atoms with Gasteiger partial charge in [0.1, 0.15) is 6.61 Å². The van der Waals surface area contributed by atoms with Crippen molar-refractivity contribution >= 4 is 6.03 Å². The third-order valence-corrected chi connectivity index (χ3v) is 4.05. The molecule has 2 amide bonds. The fourth-order valence-corrected chi connectivity index (χ4v) is 2.59. The van der Waals surface area contributed by atoms with E-state index in [4.69, 9.17) is 15.2 Å². The standard InChI is InChI=1S/C20H26N2O3/c1-14(2)17(22-20(21)23)11-16-9-10-18(24-3)19(12-16)25-13-15-7-5-4-6-8-15/h4-10,12,14,17H,11,13H2,1-3H3,(H3,21,22,23). The Morgan fingerprint density at radius 1 is 1.08 bits per heavy atom. The number of primary amides is 1. The lowest BCUT2D eigenvalue weighted by Crippen LogP contribution is -2.43. The van der Waals surface area contributed by atoms with Gasteiger partial charge < -0.3 is 20.5 Å². The van der Waals surface area contributed by atoms with Gasteiger partial charge in [-0.25, -0.2) is 4.79 Å². The van der Waals surface area contributed by atoms with E-state index >= 15 is 0 Å². The number of benzene rings is 2. The molecule has 0 saturated heterocycles. The number of nitrogens with one attached hydrogen (secondary N) is 1. The van der Waals surface area contributed by atoms with Crippen molar-refractivity contribution in [3.63, 3.8) is 0 Å². The molecule has 1 unspecified atom stereocenters. The number of amides is 2. The van der Waals surface area contributed by atoms with Gasteiger partial charge in [-0.05, 0) is 35.6 Å². The Hall–Kier alpha value is -2.69. The Balaban J connectivity index is 2.13. The lowest BCUT2D eigenvalue weighted by atomic mass is 9.96. The number of carbonyl (C=O) groups excluding carboxylic acids is 1. The van der Waals surface area contributed by atoms with Gasteiger partial charge in [0.2, 0.25) is 0 Å². The van der Waals surface area contributed by atoms with Crippen LogP contribution < -0.4 is 20.5 Å². The van der Waals surface area contributed by atoms with Crippen LogP contribution in [0.2, 0.25) is 0 Å². The minimum Gasteiger partial charge on any atom is -0.493 e. The van der Waals surface area contributed by atoms with E-state index < -0.39 is 6.03 Å². The molecule has 0 aromatic heterocycles. The number of methoxy groups -OCH3 is 1. The van der Waals surface area contributed by atoms with Gasteiger partial charge in [0, 0.05) is 6.04 Å². The number of nitrogens with two attached hydrogens (primary N) is 1. The van der Waals surface area contributed by atoms with Crippen LogP contribution in [0.5, 0.6) is 11.5 Å². The predicted molar refractivity (Wildman–Crippen MR) is 98.8 cm³/mol. The van der Waals surface area contributed by atoms with Crippen LogP contribution >= 0.6 is 0 Å². The van der Waals surface area contributed by atoms with Gasteiger partial charge in [-0.3, -0.25) is 0 Å². The zero-order valence-electron chi connectivity index (χ0n) is 15.0. The van der Waals surface area contributed by atoms with E-state index in [1.165, 1.54) is 0 Å². The van der Waals surface area contributed by atoms with Crippen LogP contribution in [-0.4, -0.2) is 19.2 Å². The van der Waals surface area contributed by atoms with Crippen LogP contribution in [0.3, 0.4) is 0 Å². The van der Waals surface area contributed by atoms with E-state index in [2.05, 4.69) is 19.2 Å². The average molecular weight is 342 g/mol. The lowest BCUT2D eigenvalue weighted by Gasteiger charge is -2.22. The number of ether oxygens (including phenoxy) is 2.